The highest BCUT2D eigenvalue weighted by Gasteiger charge is 2.34. The third-order valence-corrected chi connectivity index (χ3v) is 6.03. The Morgan fingerprint density at radius 3 is 2.48 bits per heavy atom. The zero-order valence-electron chi connectivity index (χ0n) is 14.7. The van der Waals surface area contributed by atoms with Gasteiger partial charge in [0.1, 0.15) is 11.8 Å². The van der Waals surface area contributed by atoms with Crippen LogP contribution in [0.15, 0.2) is 70.5 Å². The van der Waals surface area contributed by atoms with Gasteiger partial charge < -0.3 is 10.1 Å². The number of hydrogen-bond donors (Lipinski definition) is 1. The maximum Gasteiger partial charge on any atom is 0.241 e. The minimum atomic E-state index is -0.815. The van der Waals surface area contributed by atoms with Gasteiger partial charge in [-0.1, -0.05) is 40.2 Å². The molecule has 0 aliphatic heterocycles. The molecule has 0 radical (unpaired) electrons. The number of benzene rings is 2. The second-order valence-corrected chi connectivity index (χ2v) is 7.85. The van der Waals surface area contributed by atoms with Gasteiger partial charge in [-0.05, 0) is 47.3 Å². The molecule has 0 fully saturated rings. The number of thiophene rings is 1. The molecule has 0 spiro atoms. The summed E-state index contributed by atoms with van der Waals surface area (Å²) in [6, 6.07) is 17.6. The molecule has 140 valence electrons. The molecule has 1 N–H and O–H groups in total. The van der Waals surface area contributed by atoms with Gasteiger partial charge in [-0.2, -0.15) is 0 Å². The van der Waals surface area contributed by atoms with Crippen LogP contribution in [0.1, 0.15) is 16.5 Å². The highest BCUT2D eigenvalue weighted by Crippen LogP contribution is 2.31. The minimum Gasteiger partial charge on any atom is -0.497 e. The van der Waals surface area contributed by atoms with Crippen LogP contribution in [-0.4, -0.2) is 18.1 Å². The second-order valence-electron chi connectivity index (χ2n) is 6.01. The molecule has 2 aromatic carbocycles. The molecule has 0 aliphatic rings. The fourth-order valence-corrected chi connectivity index (χ4v) is 4.18. The third kappa shape index (κ3) is 4.87. The number of nitro groups is 1. The highest BCUT2D eigenvalue weighted by molar-refractivity contribution is 9.10. The van der Waals surface area contributed by atoms with Crippen LogP contribution in [0, 0.1) is 10.1 Å². The Morgan fingerprint density at radius 2 is 1.89 bits per heavy atom. The summed E-state index contributed by atoms with van der Waals surface area (Å²) in [6.45, 7) is 0. The quantitative estimate of drug-likeness (QED) is 0.363. The van der Waals surface area contributed by atoms with Crippen LogP contribution in [0.4, 0.5) is 5.69 Å². The number of ether oxygens (including phenoxy) is 1. The molecule has 5 nitrogen and oxygen atoms in total. The zero-order chi connectivity index (χ0) is 19.2. The van der Waals surface area contributed by atoms with E-state index in [0.717, 1.165) is 26.4 Å². The standard InChI is InChI=1S/C20H19BrN2O3S/c1-26-16-10-8-15(9-11-16)22-20(19-7-4-12-27-19)18(23(24)25)13-14-5-2-3-6-17(14)21/h2-12,18,20,22H,13H2,1H3/t18-,20-/m0/s1. The van der Waals surface area contributed by atoms with Gasteiger partial charge in [0.15, 0.2) is 0 Å². The molecule has 3 rings (SSSR count). The van der Waals surface area contributed by atoms with Crippen molar-refractivity contribution in [2.24, 2.45) is 0 Å². The van der Waals surface area contributed by atoms with Gasteiger partial charge in [0.25, 0.3) is 0 Å². The molecule has 0 amide bonds. The van der Waals surface area contributed by atoms with Crippen LogP contribution in [0.25, 0.3) is 0 Å². The molecule has 0 unspecified atom stereocenters. The number of methoxy groups -OCH3 is 1. The first kappa shape index (κ1) is 19.4. The topological polar surface area (TPSA) is 64.4 Å². The van der Waals surface area contributed by atoms with Gasteiger partial charge in [0, 0.05) is 26.4 Å². The van der Waals surface area contributed by atoms with E-state index >= 15 is 0 Å². The van der Waals surface area contributed by atoms with Gasteiger partial charge in [0.05, 0.1) is 7.11 Å². The largest absolute Gasteiger partial charge is 0.497 e. The molecule has 27 heavy (non-hydrogen) atoms. The lowest BCUT2D eigenvalue weighted by atomic mass is 9.98. The molecule has 1 heterocycles. The molecule has 2 atom stereocenters. The van der Waals surface area contributed by atoms with Crippen LogP contribution >= 0.6 is 27.3 Å². The molecule has 0 bridgehead atoms. The van der Waals surface area contributed by atoms with Crippen molar-refractivity contribution in [3.8, 4) is 5.75 Å². The van der Waals surface area contributed by atoms with E-state index in [1.54, 1.807) is 7.11 Å². The molecule has 1 aromatic heterocycles. The maximum absolute atomic E-state index is 12.0. The van der Waals surface area contributed by atoms with E-state index in [-0.39, 0.29) is 4.92 Å². The average Bonchev–Trinajstić information content (AvgIpc) is 3.20. The number of nitrogens with zero attached hydrogens (tertiary/aromatic N) is 1. The van der Waals surface area contributed by atoms with Crippen LogP contribution in [0.5, 0.6) is 5.75 Å². The smallest absolute Gasteiger partial charge is 0.241 e. The van der Waals surface area contributed by atoms with Gasteiger partial charge in [-0.15, -0.1) is 11.3 Å². The lowest BCUT2D eigenvalue weighted by Crippen LogP contribution is -2.34. The molecular weight excluding hydrogens is 428 g/mol. The van der Waals surface area contributed by atoms with Gasteiger partial charge in [-0.3, -0.25) is 10.1 Å². The maximum atomic E-state index is 12.0. The molecule has 0 saturated carbocycles. The van der Waals surface area contributed by atoms with Crippen LogP contribution in [0.3, 0.4) is 0 Å². The number of anilines is 1. The minimum absolute atomic E-state index is 0.194. The van der Waals surface area contributed by atoms with Crippen LogP contribution in [-0.2, 0) is 6.42 Å². The van der Waals surface area contributed by atoms with Crippen molar-refractivity contribution >= 4 is 33.0 Å². The Labute approximate surface area is 170 Å². The summed E-state index contributed by atoms with van der Waals surface area (Å²) < 4.78 is 6.07. The van der Waals surface area contributed by atoms with E-state index in [4.69, 9.17) is 4.74 Å². The predicted octanol–water partition coefficient (Wildman–Crippen LogP) is 5.56. The molecule has 3 aromatic rings. The van der Waals surface area contributed by atoms with E-state index in [2.05, 4.69) is 21.2 Å². The SMILES string of the molecule is COc1ccc(N[C@H](c2cccs2)[C@H](Cc2ccccc2Br)[N+](=O)[O-])cc1. The monoisotopic (exact) mass is 446 g/mol. The Kier molecular flexibility index (Phi) is 6.47. The van der Waals surface area contributed by atoms with E-state index in [0.29, 0.717) is 6.42 Å². The number of hydrogen-bond acceptors (Lipinski definition) is 5. The number of halogens is 1. The fraction of sp³-hybridized carbons (Fsp3) is 0.200. The van der Waals surface area contributed by atoms with E-state index < -0.39 is 12.1 Å². The van der Waals surface area contributed by atoms with Crippen molar-refractivity contribution in [3.63, 3.8) is 0 Å². The van der Waals surface area contributed by atoms with Crippen LogP contribution in [0.2, 0.25) is 0 Å². The van der Waals surface area contributed by atoms with Crippen molar-refractivity contribution in [1.29, 1.82) is 0 Å². The average molecular weight is 447 g/mol. The van der Waals surface area contributed by atoms with E-state index in [1.165, 1.54) is 11.3 Å². The van der Waals surface area contributed by atoms with Crippen molar-refractivity contribution in [2.75, 3.05) is 12.4 Å². The summed E-state index contributed by atoms with van der Waals surface area (Å²) in [5, 5.41) is 17.3. The first-order valence-corrected chi connectivity index (χ1v) is 10.1. The summed E-state index contributed by atoms with van der Waals surface area (Å²) in [7, 11) is 1.61. The van der Waals surface area contributed by atoms with Gasteiger partial charge in [0.2, 0.25) is 6.04 Å². The van der Waals surface area contributed by atoms with Gasteiger partial charge >= 0.3 is 0 Å². The van der Waals surface area contributed by atoms with Crippen molar-refractivity contribution in [3.05, 3.63) is 91.1 Å². The Balaban J connectivity index is 1.91. The molecule has 7 heteroatoms. The zero-order valence-corrected chi connectivity index (χ0v) is 17.1. The fourth-order valence-electron chi connectivity index (χ4n) is 2.90. The van der Waals surface area contributed by atoms with Crippen molar-refractivity contribution in [1.82, 2.24) is 0 Å². The summed E-state index contributed by atoms with van der Waals surface area (Å²) in [6.07, 6.45) is 0.320. The first-order chi connectivity index (χ1) is 13.1. The molecular formula is C20H19BrN2O3S. The highest BCUT2D eigenvalue weighted by atomic mass is 79.9. The normalized spacial score (nSPS) is 13.0. The molecule has 0 saturated heterocycles. The Bertz CT molecular complexity index is 885. The summed E-state index contributed by atoms with van der Waals surface area (Å²) >= 11 is 5.02. The summed E-state index contributed by atoms with van der Waals surface area (Å²) in [5.74, 6) is 0.743. The molecule has 0 aliphatic carbocycles. The first-order valence-electron chi connectivity index (χ1n) is 8.39. The third-order valence-electron chi connectivity index (χ3n) is 4.30. The summed E-state index contributed by atoms with van der Waals surface area (Å²) in [5.41, 5.74) is 1.73. The Morgan fingerprint density at radius 1 is 1.15 bits per heavy atom. The van der Waals surface area contributed by atoms with E-state index in [9.17, 15) is 10.1 Å². The lowest BCUT2D eigenvalue weighted by molar-refractivity contribution is -0.525. The number of nitrogens with one attached hydrogen (secondary N) is 1. The van der Waals surface area contributed by atoms with E-state index in [1.807, 2.05) is 66.0 Å². The van der Waals surface area contributed by atoms with Crippen molar-refractivity contribution in [2.45, 2.75) is 18.5 Å². The number of rotatable bonds is 8. The van der Waals surface area contributed by atoms with Gasteiger partial charge in [-0.25, -0.2) is 0 Å². The lowest BCUT2D eigenvalue weighted by Gasteiger charge is -2.23. The second kappa shape index (κ2) is 9.01. The van der Waals surface area contributed by atoms with Crippen molar-refractivity contribution < 1.29 is 9.66 Å². The Hall–Kier alpha value is -2.38. The predicted molar refractivity (Wildman–Crippen MR) is 112 cm³/mol. The summed E-state index contributed by atoms with van der Waals surface area (Å²) in [4.78, 5) is 12.7. The van der Waals surface area contributed by atoms with Crippen LogP contribution < -0.4 is 10.1 Å².